The fourth-order valence-corrected chi connectivity index (χ4v) is 4.34. The van der Waals surface area contributed by atoms with Crippen LogP contribution < -0.4 is 14.4 Å². The summed E-state index contributed by atoms with van der Waals surface area (Å²) in [6, 6.07) is 5.83. The molecule has 3 heterocycles. The zero-order chi connectivity index (χ0) is 22.5. The van der Waals surface area contributed by atoms with E-state index in [1.54, 1.807) is 14.2 Å². The molecule has 0 unspecified atom stereocenters. The minimum absolute atomic E-state index is 0.746. The predicted molar refractivity (Wildman–Crippen MR) is 128 cm³/mol. The van der Waals surface area contributed by atoms with Crippen molar-refractivity contribution in [3.8, 4) is 22.8 Å². The first-order valence-electron chi connectivity index (χ1n) is 11.4. The van der Waals surface area contributed by atoms with Gasteiger partial charge in [-0.2, -0.15) is 0 Å². The SMILES string of the molecule is CCN(CC)CCN1CCN(c2ncc(-c3ccc(OC)cc3OC)n3ccnc23)CC1. The molecule has 0 radical (unpaired) electrons. The molecule has 1 saturated heterocycles. The van der Waals surface area contributed by atoms with Crippen LogP contribution in [0.15, 0.2) is 36.8 Å². The molecular weight excluding hydrogens is 404 g/mol. The molecule has 2 aromatic heterocycles. The first kappa shape index (κ1) is 22.4. The maximum atomic E-state index is 5.62. The Bertz CT molecular complexity index is 1020. The van der Waals surface area contributed by atoms with E-state index < -0.39 is 0 Å². The van der Waals surface area contributed by atoms with E-state index >= 15 is 0 Å². The Morgan fingerprint density at radius 3 is 2.47 bits per heavy atom. The number of nitrogens with zero attached hydrogens (tertiary/aromatic N) is 6. The molecule has 0 N–H and O–H groups in total. The number of rotatable bonds is 9. The summed E-state index contributed by atoms with van der Waals surface area (Å²) >= 11 is 0. The topological polar surface area (TPSA) is 58.4 Å². The van der Waals surface area contributed by atoms with E-state index in [4.69, 9.17) is 14.5 Å². The Labute approximate surface area is 190 Å². The van der Waals surface area contributed by atoms with Crippen LogP contribution in [0.4, 0.5) is 5.82 Å². The molecule has 1 aromatic carbocycles. The summed E-state index contributed by atoms with van der Waals surface area (Å²) < 4.78 is 13.1. The molecule has 8 heteroatoms. The second kappa shape index (κ2) is 10.2. The molecule has 0 atom stereocenters. The van der Waals surface area contributed by atoms with Crippen LogP contribution in [-0.4, -0.2) is 90.7 Å². The molecule has 0 saturated carbocycles. The normalized spacial score (nSPS) is 15.0. The first-order chi connectivity index (χ1) is 15.7. The molecule has 0 spiro atoms. The van der Waals surface area contributed by atoms with Crippen molar-refractivity contribution in [1.29, 1.82) is 0 Å². The van der Waals surface area contributed by atoms with Gasteiger partial charge in [0.05, 0.1) is 26.1 Å². The lowest BCUT2D eigenvalue weighted by Crippen LogP contribution is -2.48. The number of hydrogen-bond donors (Lipinski definition) is 0. The van der Waals surface area contributed by atoms with Crippen molar-refractivity contribution in [2.24, 2.45) is 0 Å². The fourth-order valence-electron chi connectivity index (χ4n) is 4.34. The van der Waals surface area contributed by atoms with Gasteiger partial charge in [0.25, 0.3) is 0 Å². The van der Waals surface area contributed by atoms with Crippen LogP contribution in [0.5, 0.6) is 11.5 Å². The summed E-state index contributed by atoms with van der Waals surface area (Å²) in [6.07, 6.45) is 5.74. The van der Waals surface area contributed by atoms with Crippen LogP contribution in [0.1, 0.15) is 13.8 Å². The molecule has 4 rings (SSSR count). The fraction of sp³-hybridized carbons (Fsp3) is 0.500. The number of methoxy groups -OCH3 is 2. The molecule has 1 aliphatic rings. The van der Waals surface area contributed by atoms with E-state index in [1.165, 1.54) is 0 Å². The average Bonchev–Trinajstić information content (AvgIpc) is 3.34. The van der Waals surface area contributed by atoms with Gasteiger partial charge in [0.2, 0.25) is 0 Å². The first-order valence-corrected chi connectivity index (χ1v) is 11.4. The highest BCUT2D eigenvalue weighted by molar-refractivity contribution is 5.75. The number of imidazole rings is 1. The average molecular weight is 439 g/mol. The predicted octanol–water partition coefficient (Wildman–Crippen LogP) is 2.88. The van der Waals surface area contributed by atoms with Gasteiger partial charge in [0.15, 0.2) is 11.5 Å². The number of likely N-dealkylation sites (N-methyl/N-ethyl adjacent to an activating group) is 1. The van der Waals surface area contributed by atoms with Crippen molar-refractivity contribution < 1.29 is 9.47 Å². The Morgan fingerprint density at radius 1 is 1.00 bits per heavy atom. The number of anilines is 1. The molecule has 172 valence electrons. The second-order valence-electron chi connectivity index (χ2n) is 8.01. The number of piperazine rings is 1. The van der Waals surface area contributed by atoms with E-state index in [9.17, 15) is 0 Å². The third kappa shape index (κ3) is 4.52. The summed E-state index contributed by atoms with van der Waals surface area (Å²) in [4.78, 5) is 16.9. The molecule has 1 aliphatic heterocycles. The third-order valence-electron chi connectivity index (χ3n) is 6.39. The Morgan fingerprint density at radius 2 is 1.78 bits per heavy atom. The van der Waals surface area contributed by atoms with E-state index in [0.29, 0.717) is 0 Å². The van der Waals surface area contributed by atoms with Gasteiger partial charge in [-0.1, -0.05) is 13.8 Å². The maximum Gasteiger partial charge on any atom is 0.180 e. The molecule has 1 fully saturated rings. The van der Waals surface area contributed by atoms with Crippen molar-refractivity contribution in [3.63, 3.8) is 0 Å². The lowest BCUT2D eigenvalue weighted by molar-refractivity contribution is 0.206. The van der Waals surface area contributed by atoms with Crippen molar-refractivity contribution in [2.45, 2.75) is 13.8 Å². The van der Waals surface area contributed by atoms with E-state index in [-0.39, 0.29) is 0 Å². The molecule has 8 nitrogen and oxygen atoms in total. The van der Waals surface area contributed by atoms with Gasteiger partial charge in [-0.3, -0.25) is 9.30 Å². The number of fused-ring (bicyclic) bond motifs is 1. The van der Waals surface area contributed by atoms with Crippen molar-refractivity contribution in [1.82, 2.24) is 24.2 Å². The lowest BCUT2D eigenvalue weighted by atomic mass is 10.1. The quantitative estimate of drug-likeness (QED) is 0.509. The molecule has 3 aromatic rings. The third-order valence-corrected chi connectivity index (χ3v) is 6.39. The highest BCUT2D eigenvalue weighted by Gasteiger charge is 2.22. The van der Waals surface area contributed by atoms with Crippen molar-refractivity contribution in [2.75, 3.05) is 71.5 Å². The van der Waals surface area contributed by atoms with Gasteiger partial charge in [0.1, 0.15) is 11.5 Å². The van der Waals surface area contributed by atoms with E-state index in [0.717, 1.165) is 86.6 Å². The Kier molecular flexibility index (Phi) is 7.12. The summed E-state index contributed by atoms with van der Waals surface area (Å²) in [6.45, 7) is 13.0. The monoisotopic (exact) mass is 438 g/mol. The highest BCUT2D eigenvalue weighted by atomic mass is 16.5. The van der Waals surface area contributed by atoms with E-state index in [2.05, 4.69) is 37.9 Å². The smallest absolute Gasteiger partial charge is 0.180 e. The zero-order valence-electron chi connectivity index (χ0n) is 19.6. The summed E-state index contributed by atoms with van der Waals surface area (Å²) in [5.41, 5.74) is 2.77. The van der Waals surface area contributed by atoms with Gasteiger partial charge in [-0.25, -0.2) is 9.97 Å². The zero-order valence-corrected chi connectivity index (χ0v) is 19.6. The lowest BCUT2D eigenvalue weighted by Gasteiger charge is -2.36. The summed E-state index contributed by atoms with van der Waals surface area (Å²) in [7, 11) is 3.33. The summed E-state index contributed by atoms with van der Waals surface area (Å²) in [5, 5.41) is 0. The highest BCUT2D eigenvalue weighted by Crippen LogP contribution is 2.34. The van der Waals surface area contributed by atoms with E-state index in [1.807, 2.05) is 36.8 Å². The second-order valence-corrected chi connectivity index (χ2v) is 8.01. The van der Waals surface area contributed by atoms with Crippen LogP contribution in [-0.2, 0) is 0 Å². The standard InChI is InChI=1S/C24H34N6O2/c1-5-27(6-2)11-12-28-13-15-29(16-14-28)23-24-25-9-10-30(24)21(18-26-23)20-8-7-19(31-3)17-22(20)32-4/h7-10,17-18H,5-6,11-16H2,1-4H3. The number of ether oxygens (including phenoxy) is 2. The maximum absolute atomic E-state index is 5.62. The van der Waals surface area contributed by atoms with Gasteiger partial charge >= 0.3 is 0 Å². The molecule has 0 amide bonds. The molecule has 0 bridgehead atoms. The van der Waals surface area contributed by atoms with Crippen LogP contribution >= 0.6 is 0 Å². The Hall–Kier alpha value is -2.84. The van der Waals surface area contributed by atoms with Gasteiger partial charge in [-0.05, 0) is 25.2 Å². The number of aromatic nitrogens is 3. The van der Waals surface area contributed by atoms with Crippen LogP contribution in [0, 0.1) is 0 Å². The van der Waals surface area contributed by atoms with Gasteiger partial charge in [-0.15, -0.1) is 0 Å². The van der Waals surface area contributed by atoms with Gasteiger partial charge in [0, 0.05) is 63.3 Å². The molecule has 32 heavy (non-hydrogen) atoms. The van der Waals surface area contributed by atoms with Crippen molar-refractivity contribution in [3.05, 3.63) is 36.8 Å². The Balaban J connectivity index is 1.53. The van der Waals surface area contributed by atoms with Gasteiger partial charge < -0.3 is 19.3 Å². The largest absolute Gasteiger partial charge is 0.497 e. The van der Waals surface area contributed by atoms with Crippen LogP contribution in [0.2, 0.25) is 0 Å². The minimum atomic E-state index is 0.746. The number of benzene rings is 1. The van der Waals surface area contributed by atoms with Crippen molar-refractivity contribution >= 4 is 11.5 Å². The van der Waals surface area contributed by atoms with Crippen LogP contribution in [0.3, 0.4) is 0 Å². The van der Waals surface area contributed by atoms with Crippen LogP contribution in [0.25, 0.3) is 16.9 Å². The minimum Gasteiger partial charge on any atom is -0.497 e. The summed E-state index contributed by atoms with van der Waals surface area (Å²) in [5.74, 6) is 2.45. The number of hydrogen-bond acceptors (Lipinski definition) is 7. The molecule has 0 aliphatic carbocycles. The molecular formula is C24H34N6O2.